The van der Waals surface area contributed by atoms with Gasteiger partial charge in [0.2, 0.25) is 0 Å². The summed E-state index contributed by atoms with van der Waals surface area (Å²) in [5.74, 6) is 0.935. The molecule has 1 atom stereocenters. The average Bonchev–Trinajstić information content (AvgIpc) is 2.90. The largest absolute Gasteiger partial charge is 0.316 e. The number of hydrogen-bond acceptors (Lipinski definition) is 3. The molecule has 2 rings (SSSR count). The Morgan fingerprint density at radius 2 is 2.44 bits per heavy atom. The molecule has 3 heteroatoms. The van der Waals surface area contributed by atoms with E-state index in [4.69, 9.17) is 0 Å². The van der Waals surface area contributed by atoms with Gasteiger partial charge < -0.3 is 10.6 Å². The van der Waals surface area contributed by atoms with Crippen LogP contribution >= 0.6 is 11.3 Å². The van der Waals surface area contributed by atoms with Crippen molar-refractivity contribution >= 4 is 11.3 Å². The molecule has 2 nitrogen and oxygen atoms in total. The van der Waals surface area contributed by atoms with Crippen LogP contribution in [-0.4, -0.2) is 19.6 Å². The van der Waals surface area contributed by atoms with E-state index in [1.165, 1.54) is 43.5 Å². The van der Waals surface area contributed by atoms with Crippen LogP contribution in [0.1, 0.15) is 30.4 Å². The van der Waals surface area contributed by atoms with Crippen LogP contribution in [0.5, 0.6) is 0 Å². The summed E-state index contributed by atoms with van der Waals surface area (Å²) in [4.78, 5) is 0. The highest BCUT2D eigenvalue weighted by Crippen LogP contribution is 2.14. The molecular weight excluding hydrogens is 216 g/mol. The maximum atomic E-state index is 3.54. The molecule has 1 aromatic heterocycles. The number of rotatable bonds is 6. The van der Waals surface area contributed by atoms with Crippen molar-refractivity contribution in [2.75, 3.05) is 19.6 Å². The van der Waals surface area contributed by atoms with Gasteiger partial charge in [0.05, 0.1) is 0 Å². The lowest BCUT2D eigenvalue weighted by molar-refractivity contribution is 0.492. The van der Waals surface area contributed by atoms with Gasteiger partial charge in [0.1, 0.15) is 0 Å². The van der Waals surface area contributed by atoms with Crippen molar-refractivity contribution in [3.8, 4) is 0 Å². The highest BCUT2D eigenvalue weighted by Gasteiger charge is 2.13. The molecule has 0 saturated carbocycles. The predicted octanol–water partition coefficient (Wildman–Crippen LogP) is 2.54. The molecule has 1 aliphatic heterocycles. The third-order valence-corrected chi connectivity index (χ3v) is 4.32. The maximum Gasteiger partial charge on any atom is 0.0216 e. The zero-order valence-corrected chi connectivity index (χ0v) is 10.9. The summed E-state index contributed by atoms with van der Waals surface area (Å²) in [6.07, 6.45) is 4.07. The third kappa shape index (κ3) is 3.58. The minimum Gasteiger partial charge on any atom is -0.316 e. The molecule has 2 N–H and O–H groups in total. The summed E-state index contributed by atoms with van der Waals surface area (Å²) in [6.45, 7) is 6.86. The van der Waals surface area contributed by atoms with E-state index in [9.17, 15) is 0 Å². The highest BCUT2D eigenvalue weighted by atomic mass is 32.1. The van der Waals surface area contributed by atoms with Crippen molar-refractivity contribution < 1.29 is 0 Å². The van der Waals surface area contributed by atoms with Crippen LogP contribution in [0.25, 0.3) is 0 Å². The monoisotopic (exact) mass is 238 g/mol. The van der Waals surface area contributed by atoms with E-state index in [2.05, 4.69) is 28.3 Å². The Balaban J connectivity index is 1.53. The molecular formula is C13H22N2S. The fraction of sp³-hybridized carbons (Fsp3) is 0.692. The van der Waals surface area contributed by atoms with Gasteiger partial charge in [-0.05, 0) is 73.6 Å². The van der Waals surface area contributed by atoms with Gasteiger partial charge in [0.15, 0.2) is 0 Å². The van der Waals surface area contributed by atoms with Crippen LogP contribution in [0.3, 0.4) is 0 Å². The second kappa shape index (κ2) is 6.38. The van der Waals surface area contributed by atoms with E-state index < -0.39 is 0 Å². The first-order valence-corrected chi connectivity index (χ1v) is 7.23. The molecule has 1 fully saturated rings. The SMILES string of the molecule is Cc1cscc1CNCCCC1CCNC1. The molecule has 1 aromatic rings. The molecule has 0 bridgehead atoms. The lowest BCUT2D eigenvalue weighted by Crippen LogP contribution is -2.16. The van der Waals surface area contributed by atoms with Crippen LogP contribution in [0.4, 0.5) is 0 Å². The topological polar surface area (TPSA) is 24.1 Å². The Morgan fingerprint density at radius 3 is 3.12 bits per heavy atom. The van der Waals surface area contributed by atoms with Crippen LogP contribution in [0.2, 0.25) is 0 Å². The Hall–Kier alpha value is -0.380. The van der Waals surface area contributed by atoms with Crippen molar-refractivity contribution in [3.63, 3.8) is 0 Å². The second-order valence-corrected chi connectivity index (χ2v) is 5.50. The van der Waals surface area contributed by atoms with Crippen molar-refractivity contribution in [3.05, 3.63) is 21.9 Å². The lowest BCUT2D eigenvalue weighted by atomic mass is 10.0. The number of nitrogens with one attached hydrogen (secondary N) is 2. The van der Waals surface area contributed by atoms with Crippen LogP contribution in [-0.2, 0) is 6.54 Å². The second-order valence-electron chi connectivity index (χ2n) is 4.76. The maximum absolute atomic E-state index is 3.54. The highest BCUT2D eigenvalue weighted by molar-refractivity contribution is 7.08. The van der Waals surface area contributed by atoms with Gasteiger partial charge in [-0.15, -0.1) is 0 Å². The van der Waals surface area contributed by atoms with Gasteiger partial charge in [-0.3, -0.25) is 0 Å². The number of thiophene rings is 1. The van der Waals surface area contributed by atoms with Crippen molar-refractivity contribution in [1.29, 1.82) is 0 Å². The Labute approximate surface area is 102 Å². The zero-order chi connectivity index (χ0) is 11.2. The van der Waals surface area contributed by atoms with E-state index in [0.717, 1.165) is 19.0 Å². The summed E-state index contributed by atoms with van der Waals surface area (Å²) < 4.78 is 0. The van der Waals surface area contributed by atoms with Crippen molar-refractivity contribution in [1.82, 2.24) is 10.6 Å². The molecule has 90 valence electrons. The fourth-order valence-corrected chi connectivity index (χ4v) is 3.12. The average molecular weight is 238 g/mol. The van der Waals surface area contributed by atoms with E-state index in [1.54, 1.807) is 11.3 Å². The third-order valence-electron chi connectivity index (χ3n) is 3.41. The molecule has 0 aliphatic carbocycles. The van der Waals surface area contributed by atoms with E-state index >= 15 is 0 Å². The zero-order valence-electron chi connectivity index (χ0n) is 10.1. The molecule has 1 aliphatic rings. The summed E-state index contributed by atoms with van der Waals surface area (Å²) in [7, 11) is 0. The van der Waals surface area contributed by atoms with Crippen LogP contribution in [0.15, 0.2) is 10.8 Å². The van der Waals surface area contributed by atoms with Gasteiger partial charge in [0, 0.05) is 6.54 Å². The molecule has 16 heavy (non-hydrogen) atoms. The summed E-state index contributed by atoms with van der Waals surface area (Å²) in [5.41, 5.74) is 2.89. The molecule has 0 aromatic carbocycles. The molecule has 1 saturated heterocycles. The smallest absolute Gasteiger partial charge is 0.0216 e. The summed E-state index contributed by atoms with van der Waals surface area (Å²) in [6, 6.07) is 0. The Kier molecular flexibility index (Phi) is 4.82. The molecule has 0 amide bonds. The van der Waals surface area contributed by atoms with Crippen LogP contribution < -0.4 is 10.6 Å². The minimum atomic E-state index is 0.935. The van der Waals surface area contributed by atoms with Crippen molar-refractivity contribution in [2.45, 2.75) is 32.7 Å². The number of hydrogen-bond donors (Lipinski definition) is 2. The van der Waals surface area contributed by atoms with E-state index in [-0.39, 0.29) is 0 Å². The van der Waals surface area contributed by atoms with Gasteiger partial charge in [-0.1, -0.05) is 0 Å². The van der Waals surface area contributed by atoms with Gasteiger partial charge in [-0.25, -0.2) is 0 Å². The summed E-state index contributed by atoms with van der Waals surface area (Å²) >= 11 is 1.80. The normalized spacial score (nSPS) is 20.4. The van der Waals surface area contributed by atoms with Gasteiger partial charge >= 0.3 is 0 Å². The standard InChI is InChI=1S/C13H22N2S/c1-11-9-16-10-13(11)8-14-5-2-3-12-4-6-15-7-12/h9-10,12,14-15H,2-8H2,1H3. The molecule has 0 spiro atoms. The Morgan fingerprint density at radius 1 is 1.50 bits per heavy atom. The number of aryl methyl sites for hydroxylation is 1. The molecule has 1 unspecified atom stereocenters. The summed E-state index contributed by atoms with van der Waals surface area (Å²) in [5, 5.41) is 11.4. The van der Waals surface area contributed by atoms with Crippen molar-refractivity contribution in [2.24, 2.45) is 5.92 Å². The quantitative estimate of drug-likeness (QED) is 0.744. The fourth-order valence-electron chi connectivity index (χ4n) is 2.27. The molecule has 0 radical (unpaired) electrons. The predicted molar refractivity (Wildman–Crippen MR) is 71.0 cm³/mol. The first-order valence-electron chi connectivity index (χ1n) is 6.29. The Bertz CT molecular complexity index is 303. The van der Waals surface area contributed by atoms with E-state index in [1.807, 2.05) is 0 Å². The van der Waals surface area contributed by atoms with Gasteiger partial charge in [-0.2, -0.15) is 11.3 Å². The lowest BCUT2D eigenvalue weighted by Gasteiger charge is -2.08. The first kappa shape index (κ1) is 12.1. The molecule has 2 heterocycles. The first-order chi connectivity index (χ1) is 7.86. The van der Waals surface area contributed by atoms with E-state index in [0.29, 0.717) is 0 Å². The minimum absolute atomic E-state index is 0.935. The van der Waals surface area contributed by atoms with Crippen LogP contribution in [0, 0.1) is 12.8 Å². The van der Waals surface area contributed by atoms with Gasteiger partial charge in [0.25, 0.3) is 0 Å².